The summed E-state index contributed by atoms with van der Waals surface area (Å²) in [5, 5.41) is 14.6. The molecule has 2 aromatic rings. The van der Waals surface area contributed by atoms with Crippen LogP contribution >= 0.6 is 0 Å². The average molecular weight is 453 g/mol. The van der Waals surface area contributed by atoms with E-state index < -0.39 is 35.0 Å². The van der Waals surface area contributed by atoms with E-state index in [1.807, 2.05) is 36.4 Å². The van der Waals surface area contributed by atoms with Crippen LogP contribution in [0.4, 0.5) is 4.79 Å². The van der Waals surface area contributed by atoms with Gasteiger partial charge in [-0.05, 0) is 56.4 Å². The quantitative estimate of drug-likeness (QED) is 0.554. The predicted molar refractivity (Wildman–Crippen MR) is 126 cm³/mol. The Kier molecular flexibility index (Phi) is 6.81. The Bertz CT molecular complexity index is 1010. The molecule has 3 rings (SSSR count). The molecular formula is C26H32N2O5. The second kappa shape index (κ2) is 9.25. The lowest BCUT2D eigenvalue weighted by molar-refractivity contribution is -0.144. The van der Waals surface area contributed by atoms with Gasteiger partial charge in [0.25, 0.3) is 0 Å². The molecular weight excluding hydrogens is 420 g/mol. The van der Waals surface area contributed by atoms with E-state index in [0.717, 1.165) is 22.3 Å². The van der Waals surface area contributed by atoms with Crippen molar-refractivity contribution < 1.29 is 24.2 Å². The molecule has 7 nitrogen and oxygen atoms in total. The lowest BCUT2D eigenvalue weighted by Crippen LogP contribution is -2.61. The van der Waals surface area contributed by atoms with Gasteiger partial charge in [-0.1, -0.05) is 55.5 Å². The molecule has 3 N–H and O–H groups in total. The molecule has 2 aromatic carbocycles. The number of hydrogen-bond acceptors (Lipinski definition) is 4. The van der Waals surface area contributed by atoms with Gasteiger partial charge in [0.2, 0.25) is 5.91 Å². The molecule has 1 atom stereocenters. The van der Waals surface area contributed by atoms with E-state index in [1.54, 1.807) is 34.6 Å². The molecule has 33 heavy (non-hydrogen) atoms. The fraction of sp³-hybridized carbons (Fsp3) is 0.423. The standard InChI is InChI=1S/C26H32N2O5/c1-6-21(22(29)30)27-23(31)25(2,3)26(4,5)28-24(32)33-15-20-18-13-9-7-11-16(18)17-12-8-10-14-19(17)20/h7-14,20-21H,6,15H2,1-5H3,(H,27,31)(H,28,32)(H,29,30). The molecule has 1 aliphatic rings. The van der Waals surface area contributed by atoms with Crippen molar-refractivity contribution in [3.63, 3.8) is 0 Å². The van der Waals surface area contributed by atoms with Crippen molar-refractivity contribution in [3.05, 3.63) is 59.7 Å². The molecule has 2 amide bonds. The van der Waals surface area contributed by atoms with Crippen LogP contribution in [-0.2, 0) is 14.3 Å². The van der Waals surface area contributed by atoms with Crippen molar-refractivity contribution in [1.82, 2.24) is 10.6 Å². The van der Waals surface area contributed by atoms with Crippen LogP contribution in [0.1, 0.15) is 58.1 Å². The first-order valence-electron chi connectivity index (χ1n) is 11.2. The van der Waals surface area contributed by atoms with E-state index in [9.17, 15) is 19.5 Å². The van der Waals surface area contributed by atoms with Crippen LogP contribution in [0.2, 0.25) is 0 Å². The zero-order chi connectivity index (χ0) is 24.4. The number of hydrogen-bond donors (Lipinski definition) is 3. The second-order valence-electron chi connectivity index (χ2n) is 9.47. The minimum atomic E-state index is -1.10. The summed E-state index contributed by atoms with van der Waals surface area (Å²) in [5.74, 6) is -1.62. The molecule has 176 valence electrons. The Balaban J connectivity index is 1.68. The first-order chi connectivity index (χ1) is 15.5. The van der Waals surface area contributed by atoms with E-state index in [-0.39, 0.29) is 18.9 Å². The van der Waals surface area contributed by atoms with Gasteiger partial charge in [0.15, 0.2) is 0 Å². The molecule has 0 saturated carbocycles. The lowest BCUT2D eigenvalue weighted by Gasteiger charge is -2.40. The van der Waals surface area contributed by atoms with Gasteiger partial charge >= 0.3 is 12.1 Å². The third kappa shape index (κ3) is 4.72. The van der Waals surface area contributed by atoms with Crippen LogP contribution < -0.4 is 10.6 Å². The number of carbonyl (C=O) groups is 3. The minimum absolute atomic E-state index is 0.0662. The minimum Gasteiger partial charge on any atom is -0.480 e. The third-order valence-corrected chi connectivity index (χ3v) is 6.90. The number of alkyl carbamates (subject to hydrolysis) is 1. The molecule has 0 spiro atoms. The zero-order valence-electron chi connectivity index (χ0n) is 19.8. The van der Waals surface area contributed by atoms with Crippen LogP contribution in [0, 0.1) is 5.41 Å². The highest BCUT2D eigenvalue weighted by Crippen LogP contribution is 2.44. The van der Waals surface area contributed by atoms with Crippen LogP contribution in [0.25, 0.3) is 11.1 Å². The molecule has 7 heteroatoms. The number of aliphatic carboxylic acids is 1. The number of benzene rings is 2. The fourth-order valence-corrected chi connectivity index (χ4v) is 4.01. The summed E-state index contributed by atoms with van der Waals surface area (Å²) in [4.78, 5) is 36.9. The number of nitrogens with one attached hydrogen (secondary N) is 2. The van der Waals surface area contributed by atoms with Gasteiger partial charge < -0.3 is 20.5 Å². The number of fused-ring (bicyclic) bond motifs is 3. The molecule has 0 heterocycles. The molecule has 1 aliphatic carbocycles. The van der Waals surface area contributed by atoms with Crippen LogP contribution in [-0.4, -0.2) is 41.3 Å². The first-order valence-corrected chi connectivity index (χ1v) is 11.2. The lowest BCUT2D eigenvalue weighted by atomic mass is 9.73. The normalized spacial score (nSPS) is 14.1. The maximum Gasteiger partial charge on any atom is 0.407 e. The summed E-state index contributed by atoms with van der Waals surface area (Å²) in [7, 11) is 0. The fourth-order valence-electron chi connectivity index (χ4n) is 4.01. The predicted octanol–water partition coefficient (Wildman–Crippen LogP) is 4.31. The van der Waals surface area contributed by atoms with E-state index >= 15 is 0 Å². The first kappa shape index (κ1) is 24.3. The largest absolute Gasteiger partial charge is 0.480 e. The van der Waals surface area contributed by atoms with E-state index in [0.29, 0.717) is 0 Å². The Morgan fingerprint density at radius 3 is 1.97 bits per heavy atom. The van der Waals surface area contributed by atoms with Gasteiger partial charge in [0.1, 0.15) is 12.6 Å². The van der Waals surface area contributed by atoms with Crippen molar-refractivity contribution in [3.8, 4) is 11.1 Å². The van der Waals surface area contributed by atoms with Crippen molar-refractivity contribution in [1.29, 1.82) is 0 Å². The van der Waals surface area contributed by atoms with Gasteiger partial charge in [-0.15, -0.1) is 0 Å². The summed E-state index contributed by atoms with van der Waals surface area (Å²) < 4.78 is 5.62. The second-order valence-corrected chi connectivity index (χ2v) is 9.47. The highest BCUT2D eigenvalue weighted by Gasteiger charge is 2.45. The van der Waals surface area contributed by atoms with Gasteiger partial charge in [-0.3, -0.25) is 4.79 Å². The molecule has 0 radical (unpaired) electrons. The van der Waals surface area contributed by atoms with Gasteiger partial charge in [0.05, 0.1) is 11.0 Å². The molecule has 1 unspecified atom stereocenters. The number of carbonyl (C=O) groups excluding carboxylic acids is 2. The van der Waals surface area contributed by atoms with Gasteiger partial charge in [0, 0.05) is 5.92 Å². The van der Waals surface area contributed by atoms with E-state index in [4.69, 9.17) is 4.74 Å². The van der Waals surface area contributed by atoms with E-state index in [1.165, 1.54) is 0 Å². The smallest absolute Gasteiger partial charge is 0.407 e. The molecule has 0 bridgehead atoms. The summed E-state index contributed by atoms with van der Waals surface area (Å²) in [5.41, 5.74) is 2.42. The number of carboxylic acid groups (broad SMARTS) is 1. The SMILES string of the molecule is CCC(NC(=O)C(C)(C)C(C)(C)NC(=O)OCC1c2ccccc2-c2ccccc21)C(=O)O. The summed E-state index contributed by atoms with van der Waals surface area (Å²) in [6.45, 7) is 8.62. The highest BCUT2D eigenvalue weighted by atomic mass is 16.5. The Morgan fingerprint density at radius 2 is 1.48 bits per heavy atom. The molecule has 0 aromatic heterocycles. The van der Waals surface area contributed by atoms with Gasteiger partial charge in [-0.2, -0.15) is 0 Å². The highest BCUT2D eigenvalue weighted by molar-refractivity contribution is 5.88. The third-order valence-electron chi connectivity index (χ3n) is 6.90. The molecule has 0 saturated heterocycles. The van der Waals surface area contributed by atoms with Crippen molar-refractivity contribution in [2.45, 2.75) is 58.5 Å². The van der Waals surface area contributed by atoms with Crippen LogP contribution in [0.15, 0.2) is 48.5 Å². The number of carboxylic acids is 1. The van der Waals surface area contributed by atoms with E-state index in [2.05, 4.69) is 22.8 Å². The Hall–Kier alpha value is -3.35. The van der Waals surface area contributed by atoms with Crippen molar-refractivity contribution in [2.24, 2.45) is 5.41 Å². The van der Waals surface area contributed by atoms with Crippen LogP contribution in [0.5, 0.6) is 0 Å². The Morgan fingerprint density at radius 1 is 0.970 bits per heavy atom. The Labute approximate surface area is 194 Å². The number of ether oxygens (including phenoxy) is 1. The maximum atomic E-state index is 12.8. The van der Waals surface area contributed by atoms with Crippen LogP contribution in [0.3, 0.4) is 0 Å². The van der Waals surface area contributed by atoms with Gasteiger partial charge in [-0.25, -0.2) is 9.59 Å². The summed E-state index contributed by atoms with van der Waals surface area (Å²) in [6, 6.07) is 15.2. The van der Waals surface area contributed by atoms with Crippen molar-refractivity contribution in [2.75, 3.05) is 6.61 Å². The molecule has 0 aliphatic heterocycles. The van der Waals surface area contributed by atoms with Crippen molar-refractivity contribution >= 4 is 18.0 Å². The maximum absolute atomic E-state index is 12.8. The summed E-state index contributed by atoms with van der Waals surface area (Å²) in [6.07, 6.45) is -0.370. The number of rotatable bonds is 8. The number of amides is 2. The summed E-state index contributed by atoms with van der Waals surface area (Å²) >= 11 is 0. The average Bonchev–Trinajstić information content (AvgIpc) is 3.09. The molecule has 0 fully saturated rings. The zero-order valence-corrected chi connectivity index (χ0v) is 19.8. The topological polar surface area (TPSA) is 105 Å². The monoisotopic (exact) mass is 452 g/mol.